The topological polar surface area (TPSA) is 83.6 Å². The predicted molar refractivity (Wildman–Crippen MR) is 57.4 cm³/mol. The summed E-state index contributed by atoms with van der Waals surface area (Å²) in [5.41, 5.74) is 5.63. The molecule has 0 fully saturated rings. The van der Waals surface area contributed by atoms with E-state index in [9.17, 15) is 9.59 Å². The number of amides is 1. The van der Waals surface area contributed by atoms with Crippen molar-refractivity contribution in [3.8, 4) is 0 Å². The molecule has 0 saturated heterocycles. The SMILES string of the molecule is CCC(N)CC(=O)N(C)C(CC)C(=O)O. The fourth-order valence-corrected chi connectivity index (χ4v) is 1.30. The molecule has 5 nitrogen and oxygen atoms in total. The molecule has 0 radical (unpaired) electrons. The van der Waals surface area contributed by atoms with Crippen molar-refractivity contribution in [1.82, 2.24) is 4.90 Å². The molecule has 0 saturated carbocycles. The molecule has 2 atom stereocenters. The number of nitrogens with zero attached hydrogens (tertiary/aromatic N) is 1. The van der Waals surface area contributed by atoms with Crippen LogP contribution in [0.25, 0.3) is 0 Å². The van der Waals surface area contributed by atoms with Crippen molar-refractivity contribution in [2.24, 2.45) is 5.73 Å². The maximum absolute atomic E-state index is 11.6. The van der Waals surface area contributed by atoms with E-state index >= 15 is 0 Å². The molecule has 0 rings (SSSR count). The third kappa shape index (κ3) is 4.29. The number of aliphatic carboxylic acids is 1. The van der Waals surface area contributed by atoms with Gasteiger partial charge in [-0.2, -0.15) is 0 Å². The zero-order valence-corrected chi connectivity index (χ0v) is 9.56. The Bertz CT molecular complexity index is 231. The highest BCUT2D eigenvalue weighted by Crippen LogP contribution is 2.06. The average Bonchev–Trinajstić information content (AvgIpc) is 2.17. The van der Waals surface area contributed by atoms with Crippen LogP contribution in [0.3, 0.4) is 0 Å². The Morgan fingerprint density at radius 1 is 1.33 bits per heavy atom. The largest absolute Gasteiger partial charge is 0.480 e. The predicted octanol–water partition coefficient (Wildman–Crippen LogP) is 0.435. The number of carboxylic acid groups (broad SMARTS) is 1. The van der Waals surface area contributed by atoms with Gasteiger partial charge in [0.15, 0.2) is 0 Å². The van der Waals surface area contributed by atoms with Crippen molar-refractivity contribution >= 4 is 11.9 Å². The summed E-state index contributed by atoms with van der Waals surface area (Å²) in [6.45, 7) is 3.63. The lowest BCUT2D eigenvalue weighted by Gasteiger charge is -2.24. The van der Waals surface area contributed by atoms with Crippen LogP contribution in [-0.2, 0) is 9.59 Å². The minimum Gasteiger partial charge on any atom is -0.480 e. The monoisotopic (exact) mass is 216 g/mol. The van der Waals surface area contributed by atoms with E-state index in [1.54, 1.807) is 6.92 Å². The molecule has 0 aliphatic rings. The Morgan fingerprint density at radius 2 is 1.87 bits per heavy atom. The highest BCUT2D eigenvalue weighted by molar-refractivity contribution is 5.83. The van der Waals surface area contributed by atoms with Gasteiger partial charge in [0, 0.05) is 19.5 Å². The van der Waals surface area contributed by atoms with E-state index in [1.807, 2.05) is 6.92 Å². The van der Waals surface area contributed by atoms with Gasteiger partial charge in [-0.05, 0) is 12.8 Å². The van der Waals surface area contributed by atoms with Gasteiger partial charge in [-0.15, -0.1) is 0 Å². The first-order chi connectivity index (χ1) is 6.93. The third-order valence-electron chi connectivity index (χ3n) is 2.49. The molecule has 2 unspecified atom stereocenters. The van der Waals surface area contributed by atoms with Crippen molar-refractivity contribution in [2.75, 3.05) is 7.05 Å². The smallest absolute Gasteiger partial charge is 0.326 e. The van der Waals surface area contributed by atoms with E-state index in [-0.39, 0.29) is 18.4 Å². The Hall–Kier alpha value is -1.10. The summed E-state index contributed by atoms with van der Waals surface area (Å²) in [7, 11) is 1.51. The molecular weight excluding hydrogens is 196 g/mol. The number of hydrogen-bond acceptors (Lipinski definition) is 3. The molecule has 0 aliphatic heterocycles. The quantitative estimate of drug-likeness (QED) is 0.674. The minimum atomic E-state index is -0.974. The van der Waals surface area contributed by atoms with Gasteiger partial charge >= 0.3 is 5.97 Å². The van der Waals surface area contributed by atoms with E-state index < -0.39 is 12.0 Å². The number of likely N-dealkylation sites (N-methyl/N-ethyl adjacent to an activating group) is 1. The van der Waals surface area contributed by atoms with Crippen LogP contribution < -0.4 is 5.73 Å². The van der Waals surface area contributed by atoms with Crippen molar-refractivity contribution in [3.05, 3.63) is 0 Å². The minimum absolute atomic E-state index is 0.189. The van der Waals surface area contributed by atoms with Crippen LogP contribution in [0.2, 0.25) is 0 Å². The molecule has 0 bridgehead atoms. The number of carboxylic acids is 1. The normalized spacial score (nSPS) is 14.4. The summed E-state index contributed by atoms with van der Waals surface area (Å²) in [4.78, 5) is 23.7. The van der Waals surface area contributed by atoms with E-state index in [4.69, 9.17) is 10.8 Å². The van der Waals surface area contributed by atoms with Gasteiger partial charge in [0.05, 0.1) is 0 Å². The van der Waals surface area contributed by atoms with Gasteiger partial charge < -0.3 is 15.7 Å². The van der Waals surface area contributed by atoms with E-state index in [0.717, 1.165) is 0 Å². The van der Waals surface area contributed by atoms with E-state index in [1.165, 1.54) is 11.9 Å². The molecule has 3 N–H and O–H groups in total. The molecule has 0 aromatic heterocycles. The molecule has 0 heterocycles. The van der Waals surface area contributed by atoms with Crippen molar-refractivity contribution in [2.45, 2.75) is 45.2 Å². The highest BCUT2D eigenvalue weighted by atomic mass is 16.4. The van der Waals surface area contributed by atoms with Gasteiger partial charge in [0.1, 0.15) is 6.04 Å². The first-order valence-corrected chi connectivity index (χ1v) is 5.18. The van der Waals surface area contributed by atoms with Gasteiger partial charge in [-0.1, -0.05) is 13.8 Å². The summed E-state index contributed by atoms with van der Waals surface area (Å²) in [6, 6.07) is -0.937. The zero-order valence-electron chi connectivity index (χ0n) is 9.56. The Balaban J connectivity index is 4.35. The Kier molecular flexibility index (Phi) is 5.93. The average molecular weight is 216 g/mol. The maximum Gasteiger partial charge on any atom is 0.326 e. The van der Waals surface area contributed by atoms with Crippen molar-refractivity contribution < 1.29 is 14.7 Å². The first-order valence-electron chi connectivity index (χ1n) is 5.18. The molecule has 5 heteroatoms. The molecule has 1 amide bonds. The second kappa shape index (κ2) is 6.40. The Labute approximate surface area is 90.2 Å². The highest BCUT2D eigenvalue weighted by Gasteiger charge is 2.25. The second-order valence-electron chi connectivity index (χ2n) is 3.64. The van der Waals surface area contributed by atoms with Gasteiger partial charge in [-0.25, -0.2) is 4.79 Å². The maximum atomic E-state index is 11.6. The van der Waals surface area contributed by atoms with Crippen LogP contribution >= 0.6 is 0 Å². The second-order valence-corrected chi connectivity index (χ2v) is 3.64. The van der Waals surface area contributed by atoms with Crippen LogP contribution in [-0.4, -0.2) is 41.0 Å². The van der Waals surface area contributed by atoms with Crippen molar-refractivity contribution in [3.63, 3.8) is 0 Å². The van der Waals surface area contributed by atoms with Crippen LogP contribution in [0, 0.1) is 0 Å². The number of hydrogen-bond donors (Lipinski definition) is 2. The van der Waals surface area contributed by atoms with Gasteiger partial charge in [0.2, 0.25) is 5.91 Å². The standard InChI is InChI=1S/C10H20N2O3/c1-4-7(11)6-9(13)12(3)8(5-2)10(14)15/h7-8H,4-6,11H2,1-3H3,(H,14,15). The van der Waals surface area contributed by atoms with Gasteiger partial charge in [0.25, 0.3) is 0 Å². The van der Waals surface area contributed by atoms with E-state index in [0.29, 0.717) is 12.8 Å². The summed E-state index contributed by atoms with van der Waals surface area (Å²) < 4.78 is 0. The molecule has 0 aromatic rings. The number of carbonyl (C=O) groups excluding carboxylic acids is 1. The lowest BCUT2D eigenvalue weighted by Crippen LogP contribution is -2.43. The lowest BCUT2D eigenvalue weighted by atomic mass is 10.1. The van der Waals surface area contributed by atoms with Crippen LogP contribution in [0.4, 0.5) is 0 Å². The van der Waals surface area contributed by atoms with E-state index in [2.05, 4.69) is 0 Å². The number of carbonyl (C=O) groups is 2. The molecule has 88 valence electrons. The third-order valence-corrected chi connectivity index (χ3v) is 2.49. The number of rotatable bonds is 6. The Morgan fingerprint density at radius 3 is 2.20 bits per heavy atom. The molecule has 0 aromatic carbocycles. The molecule has 0 aliphatic carbocycles. The van der Waals surface area contributed by atoms with Gasteiger partial charge in [-0.3, -0.25) is 4.79 Å². The van der Waals surface area contributed by atoms with Crippen LogP contribution in [0.1, 0.15) is 33.1 Å². The summed E-state index contributed by atoms with van der Waals surface area (Å²) in [5, 5.41) is 8.86. The fraction of sp³-hybridized carbons (Fsp3) is 0.800. The molecule has 0 spiro atoms. The van der Waals surface area contributed by atoms with Crippen molar-refractivity contribution in [1.29, 1.82) is 0 Å². The summed E-state index contributed by atoms with van der Waals surface area (Å²) in [6.07, 6.45) is 1.32. The molecular formula is C10H20N2O3. The van der Waals surface area contributed by atoms with Crippen LogP contribution in [0.15, 0.2) is 0 Å². The zero-order chi connectivity index (χ0) is 12.0. The summed E-state index contributed by atoms with van der Waals surface area (Å²) in [5.74, 6) is -1.18. The first kappa shape index (κ1) is 13.9. The fourth-order valence-electron chi connectivity index (χ4n) is 1.30. The summed E-state index contributed by atoms with van der Waals surface area (Å²) >= 11 is 0. The number of nitrogens with two attached hydrogens (primary N) is 1. The van der Waals surface area contributed by atoms with Crippen LogP contribution in [0.5, 0.6) is 0 Å². The molecule has 15 heavy (non-hydrogen) atoms. The lowest BCUT2D eigenvalue weighted by molar-refractivity contribution is -0.149.